The lowest BCUT2D eigenvalue weighted by molar-refractivity contribution is -0.125. The number of hydrogen-bond donors (Lipinski definition) is 3. The van der Waals surface area contributed by atoms with Gasteiger partial charge in [0.2, 0.25) is 5.91 Å². The average Bonchev–Trinajstić information content (AvgIpc) is 2.26. The van der Waals surface area contributed by atoms with Crippen LogP contribution in [0.2, 0.25) is 0 Å². The van der Waals surface area contributed by atoms with Crippen molar-refractivity contribution < 1.29 is 14.7 Å². The number of aromatic nitrogens is 1. The summed E-state index contributed by atoms with van der Waals surface area (Å²) in [5.74, 6) is -1.26. The Kier molecular flexibility index (Phi) is 3.67. The molecular weight excluding hydrogens is 222 g/mol. The number of amides is 2. The van der Waals surface area contributed by atoms with E-state index in [2.05, 4.69) is 10.3 Å². The SMILES string of the molecule is CC(C)(CNC(=O)c1ncccc1O)C(N)=O. The van der Waals surface area contributed by atoms with Gasteiger partial charge >= 0.3 is 0 Å². The summed E-state index contributed by atoms with van der Waals surface area (Å²) in [4.78, 5) is 26.4. The summed E-state index contributed by atoms with van der Waals surface area (Å²) in [7, 11) is 0. The Balaban J connectivity index is 2.69. The highest BCUT2D eigenvalue weighted by Crippen LogP contribution is 2.15. The molecule has 1 aromatic heterocycles. The predicted octanol–water partition coefficient (Wildman–Crippen LogP) is 0.0285. The zero-order valence-electron chi connectivity index (χ0n) is 9.73. The van der Waals surface area contributed by atoms with Crippen molar-refractivity contribution in [3.05, 3.63) is 24.0 Å². The van der Waals surface area contributed by atoms with E-state index >= 15 is 0 Å². The highest BCUT2D eigenvalue weighted by atomic mass is 16.3. The molecule has 0 fully saturated rings. The zero-order chi connectivity index (χ0) is 13.1. The maximum atomic E-state index is 11.6. The fourth-order valence-electron chi connectivity index (χ4n) is 1.04. The summed E-state index contributed by atoms with van der Waals surface area (Å²) >= 11 is 0. The molecule has 0 aliphatic rings. The number of nitrogens with two attached hydrogens (primary N) is 1. The molecule has 0 aliphatic heterocycles. The number of nitrogens with zero attached hydrogens (tertiary/aromatic N) is 1. The summed E-state index contributed by atoms with van der Waals surface area (Å²) in [5.41, 5.74) is 4.25. The lowest BCUT2D eigenvalue weighted by Crippen LogP contribution is -2.42. The van der Waals surface area contributed by atoms with Crippen LogP contribution in [0.1, 0.15) is 24.3 Å². The Labute approximate surface area is 98.8 Å². The largest absolute Gasteiger partial charge is 0.505 e. The molecule has 0 radical (unpaired) electrons. The van der Waals surface area contributed by atoms with Crippen molar-refractivity contribution in [1.29, 1.82) is 0 Å². The number of carbonyl (C=O) groups excluding carboxylic acids is 2. The van der Waals surface area contributed by atoms with Crippen molar-refractivity contribution in [2.24, 2.45) is 11.1 Å². The van der Waals surface area contributed by atoms with Gasteiger partial charge in [0.1, 0.15) is 5.75 Å². The number of rotatable bonds is 4. The van der Waals surface area contributed by atoms with Crippen LogP contribution in [0.25, 0.3) is 0 Å². The van der Waals surface area contributed by atoms with E-state index in [1.54, 1.807) is 13.8 Å². The molecule has 2 amide bonds. The Bertz CT molecular complexity index is 443. The van der Waals surface area contributed by atoms with Gasteiger partial charge in [-0.15, -0.1) is 0 Å². The Morgan fingerprint density at radius 2 is 2.18 bits per heavy atom. The average molecular weight is 237 g/mol. The van der Waals surface area contributed by atoms with E-state index in [1.807, 2.05) is 0 Å². The molecule has 0 bridgehead atoms. The molecule has 0 aliphatic carbocycles. The highest BCUT2D eigenvalue weighted by molar-refractivity contribution is 5.95. The molecule has 1 heterocycles. The molecule has 1 rings (SSSR count). The van der Waals surface area contributed by atoms with Crippen LogP contribution >= 0.6 is 0 Å². The molecule has 0 spiro atoms. The fraction of sp³-hybridized carbons (Fsp3) is 0.364. The van der Waals surface area contributed by atoms with Gasteiger partial charge in [0.05, 0.1) is 5.41 Å². The van der Waals surface area contributed by atoms with Crippen LogP contribution in [-0.4, -0.2) is 28.4 Å². The van der Waals surface area contributed by atoms with Crippen LogP contribution in [0, 0.1) is 5.41 Å². The second-order valence-electron chi connectivity index (χ2n) is 4.30. The number of hydrogen-bond acceptors (Lipinski definition) is 4. The summed E-state index contributed by atoms with van der Waals surface area (Å²) in [5, 5.41) is 11.9. The Morgan fingerprint density at radius 3 is 2.71 bits per heavy atom. The molecule has 0 saturated carbocycles. The van der Waals surface area contributed by atoms with Crippen LogP contribution in [0.3, 0.4) is 0 Å². The first-order valence-corrected chi connectivity index (χ1v) is 5.06. The van der Waals surface area contributed by atoms with E-state index in [4.69, 9.17) is 5.73 Å². The topological polar surface area (TPSA) is 105 Å². The molecule has 17 heavy (non-hydrogen) atoms. The van der Waals surface area contributed by atoms with Gasteiger partial charge in [-0.3, -0.25) is 9.59 Å². The van der Waals surface area contributed by atoms with Crippen LogP contribution in [0.4, 0.5) is 0 Å². The van der Waals surface area contributed by atoms with Crippen LogP contribution in [-0.2, 0) is 4.79 Å². The third-order valence-electron chi connectivity index (χ3n) is 2.36. The van der Waals surface area contributed by atoms with E-state index in [0.717, 1.165) is 0 Å². The second kappa shape index (κ2) is 4.82. The maximum Gasteiger partial charge on any atom is 0.273 e. The number of carbonyl (C=O) groups is 2. The summed E-state index contributed by atoms with van der Waals surface area (Å²) in [6.45, 7) is 3.32. The van der Waals surface area contributed by atoms with Gasteiger partial charge < -0.3 is 16.2 Å². The van der Waals surface area contributed by atoms with Crippen molar-refractivity contribution in [3.8, 4) is 5.75 Å². The van der Waals surface area contributed by atoms with Gasteiger partial charge in [-0.05, 0) is 26.0 Å². The number of primary amides is 1. The standard InChI is InChI=1S/C11H15N3O3/c1-11(2,10(12)17)6-14-9(16)8-7(15)4-3-5-13-8/h3-5,15H,6H2,1-2H3,(H2,12,17)(H,14,16). The molecule has 1 aromatic rings. The zero-order valence-corrected chi connectivity index (χ0v) is 9.73. The van der Waals surface area contributed by atoms with Gasteiger partial charge in [-0.2, -0.15) is 0 Å². The molecule has 92 valence electrons. The summed E-state index contributed by atoms with van der Waals surface area (Å²) in [6.07, 6.45) is 1.40. The lowest BCUT2D eigenvalue weighted by atomic mass is 9.93. The maximum absolute atomic E-state index is 11.6. The van der Waals surface area contributed by atoms with E-state index in [0.29, 0.717) is 0 Å². The molecule has 6 heteroatoms. The minimum atomic E-state index is -0.847. The van der Waals surface area contributed by atoms with Gasteiger partial charge in [0, 0.05) is 12.7 Å². The Hall–Kier alpha value is -2.11. The third-order valence-corrected chi connectivity index (χ3v) is 2.36. The van der Waals surface area contributed by atoms with E-state index in [9.17, 15) is 14.7 Å². The number of nitrogens with one attached hydrogen (secondary N) is 1. The highest BCUT2D eigenvalue weighted by Gasteiger charge is 2.26. The molecule has 6 nitrogen and oxygen atoms in total. The van der Waals surface area contributed by atoms with E-state index < -0.39 is 17.2 Å². The first-order valence-electron chi connectivity index (χ1n) is 5.06. The van der Waals surface area contributed by atoms with Crippen molar-refractivity contribution in [3.63, 3.8) is 0 Å². The Morgan fingerprint density at radius 1 is 1.53 bits per heavy atom. The smallest absolute Gasteiger partial charge is 0.273 e. The molecule has 0 unspecified atom stereocenters. The minimum absolute atomic E-state index is 0.0761. The van der Waals surface area contributed by atoms with Gasteiger partial charge in [0.25, 0.3) is 5.91 Å². The van der Waals surface area contributed by atoms with Crippen molar-refractivity contribution in [2.75, 3.05) is 6.54 Å². The summed E-state index contributed by atoms with van der Waals surface area (Å²) < 4.78 is 0. The molecule has 4 N–H and O–H groups in total. The summed E-state index contributed by atoms with van der Waals surface area (Å²) in [6, 6.07) is 2.88. The monoisotopic (exact) mass is 237 g/mol. The van der Waals surface area contributed by atoms with Gasteiger partial charge in [-0.1, -0.05) is 0 Å². The quantitative estimate of drug-likeness (QED) is 0.686. The van der Waals surface area contributed by atoms with Crippen LogP contribution in [0.15, 0.2) is 18.3 Å². The predicted molar refractivity (Wildman–Crippen MR) is 61.2 cm³/mol. The first kappa shape index (κ1) is 13.0. The second-order valence-corrected chi connectivity index (χ2v) is 4.30. The number of pyridine rings is 1. The number of aromatic hydroxyl groups is 1. The third kappa shape index (κ3) is 3.17. The van der Waals surface area contributed by atoms with Crippen LogP contribution in [0.5, 0.6) is 5.75 Å². The molecule has 0 atom stereocenters. The van der Waals surface area contributed by atoms with E-state index in [1.165, 1.54) is 18.3 Å². The van der Waals surface area contributed by atoms with Gasteiger partial charge in [0.15, 0.2) is 5.69 Å². The minimum Gasteiger partial charge on any atom is -0.505 e. The molecular formula is C11H15N3O3. The first-order chi connectivity index (χ1) is 7.84. The molecule has 0 aromatic carbocycles. The van der Waals surface area contributed by atoms with Crippen LogP contribution < -0.4 is 11.1 Å². The van der Waals surface area contributed by atoms with Gasteiger partial charge in [-0.25, -0.2) is 4.98 Å². The lowest BCUT2D eigenvalue weighted by Gasteiger charge is -2.20. The van der Waals surface area contributed by atoms with E-state index in [-0.39, 0.29) is 18.0 Å². The van der Waals surface area contributed by atoms with Crippen molar-refractivity contribution in [1.82, 2.24) is 10.3 Å². The van der Waals surface area contributed by atoms with Crippen molar-refractivity contribution in [2.45, 2.75) is 13.8 Å². The molecule has 0 saturated heterocycles. The fourth-order valence-corrected chi connectivity index (χ4v) is 1.04. The normalized spacial score (nSPS) is 10.9. The van der Waals surface area contributed by atoms with Crippen molar-refractivity contribution >= 4 is 11.8 Å².